The molecule has 0 saturated carbocycles. The fraction of sp³-hybridized carbons (Fsp3) is 0.417. The summed E-state index contributed by atoms with van der Waals surface area (Å²) in [5.41, 5.74) is 7.32. The largest absolute Gasteiger partial charge is 0.493 e. The van der Waals surface area contributed by atoms with Crippen LogP contribution in [-0.4, -0.2) is 19.6 Å². The maximum atomic E-state index is 10.6. The van der Waals surface area contributed by atoms with Crippen molar-refractivity contribution in [2.24, 2.45) is 5.73 Å². The molecule has 4 heteroatoms. The number of aryl methyl sites for hydroxylation is 1. The molecule has 0 aliphatic heterocycles. The zero-order valence-corrected chi connectivity index (χ0v) is 9.75. The Labute approximate surface area is 95.8 Å². The summed E-state index contributed by atoms with van der Waals surface area (Å²) in [6.07, 6.45) is 0.243. The number of ether oxygens (including phenoxy) is 1. The first-order valence-corrected chi connectivity index (χ1v) is 5.28. The quantitative estimate of drug-likeness (QED) is 0.753. The zero-order valence-electron chi connectivity index (χ0n) is 9.75. The van der Waals surface area contributed by atoms with Crippen LogP contribution in [0.5, 0.6) is 5.75 Å². The van der Waals surface area contributed by atoms with Gasteiger partial charge in [-0.05, 0) is 20.0 Å². The number of rotatable bonds is 6. The van der Waals surface area contributed by atoms with Crippen molar-refractivity contribution in [2.75, 3.05) is 13.7 Å². The molecule has 88 valence electrons. The number of hydrogen-bond acceptors (Lipinski definition) is 3. The highest BCUT2D eigenvalue weighted by Crippen LogP contribution is 2.19. The summed E-state index contributed by atoms with van der Waals surface area (Å²) in [5.74, 6) is 0.462. The molecule has 1 amide bonds. The Bertz CT molecular complexity index is 364. The number of hydrogen-bond donors (Lipinski definition) is 2. The van der Waals surface area contributed by atoms with Crippen LogP contribution in [0.2, 0.25) is 0 Å². The SMILES string of the molecule is CNCc1cc(C)ccc1OCCC(N)=O. The molecule has 0 heterocycles. The maximum absolute atomic E-state index is 10.6. The molecule has 0 atom stereocenters. The number of amides is 1. The minimum Gasteiger partial charge on any atom is -0.493 e. The van der Waals surface area contributed by atoms with Crippen LogP contribution in [0, 0.1) is 6.92 Å². The van der Waals surface area contributed by atoms with E-state index in [4.69, 9.17) is 10.5 Å². The van der Waals surface area contributed by atoms with Gasteiger partial charge in [0.2, 0.25) is 5.91 Å². The van der Waals surface area contributed by atoms with Crippen LogP contribution in [0.4, 0.5) is 0 Å². The van der Waals surface area contributed by atoms with Crippen LogP contribution < -0.4 is 15.8 Å². The van der Waals surface area contributed by atoms with E-state index in [2.05, 4.69) is 11.4 Å². The van der Waals surface area contributed by atoms with Crippen molar-refractivity contribution in [1.29, 1.82) is 0 Å². The molecule has 4 nitrogen and oxygen atoms in total. The molecule has 0 bridgehead atoms. The Morgan fingerprint density at radius 2 is 2.25 bits per heavy atom. The van der Waals surface area contributed by atoms with Crippen molar-refractivity contribution in [3.05, 3.63) is 29.3 Å². The van der Waals surface area contributed by atoms with E-state index in [0.717, 1.165) is 17.9 Å². The summed E-state index contributed by atoms with van der Waals surface area (Å²) >= 11 is 0. The summed E-state index contributed by atoms with van der Waals surface area (Å²) in [5, 5.41) is 3.08. The van der Waals surface area contributed by atoms with Gasteiger partial charge in [0, 0.05) is 12.1 Å². The third-order valence-corrected chi connectivity index (χ3v) is 2.19. The van der Waals surface area contributed by atoms with E-state index in [0.29, 0.717) is 6.61 Å². The highest BCUT2D eigenvalue weighted by Gasteiger charge is 2.04. The Kier molecular flexibility index (Phi) is 4.79. The Morgan fingerprint density at radius 1 is 1.50 bits per heavy atom. The molecule has 16 heavy (non-hydrogen) atoms. The zero-order chi connectivity index (χ0) is 12.0. The highest BCUT2D eigenvalue weighted by atomic mass is 16.5. The summed E-state index contributed by atoms with van der Waals surface area (Å²) in [4.78, 5) is 10.6. The van der Waals surface area contributed by atoms with Gasteiger partial charge in [-0.3, -0.25) is 4.79 Å². The van der Waals surface area contributed by atoms with Crippen LogP contribution in [0.1, 0.15) is 17.5 Å². The number of benzene rings is 1. The molecule has 3 N–H and O–H groups in total. The molecule has 1 rings (SSSR count). The molecular formula is C12H18N2O2. The van der Waals surface area contributed by atoms with Gasteiger partial charge in [0.05, 0.1) is 13.0 Å². The lowest BCUT2D eigenvalue weighted by Crippen LogP contribution is -2.15. The topological polar surface area (TPSA) is 64.3 Å². The number of nitrogens with two attached hydrogens (primary N) is 1. The molecule has 0 saturated heterocycles. The van der Waals surface area contributed by atoms with Crippen molar-refractivity contribution in [3.8, 4) is 5.75 Å². The molecule has 0 aliphatic carbocycles. The van der Waals surface area contributed by atoms with Gasteiger partial charge in [-0.25, -0.2) is 0 Å². The van der Waals surface area contributed by atoms with E-state index in [1.54, 1.807) is 0 Å². The normalized spacial score (nSPS) is 10.1. The van der Waals surface area contributed by atoms with Gasteiger partial charge < -0.3 is 15.8 Å². The van der Waals surface area contributed by atoms with E-state index in [9.17, 15) is 4.79 Å². The van der Waals surface area contributed by atoms with Gasteiger partial charge in [-0.1, -0.05) is 17.7 Å². The lowest BCUT2D eigenvalue weighted by molar-refractivity contribution is -0.118. The Hall–Kier alpha value is -1.55. The minimum absolute atomic E-state index is 0.243. The van der Waals surface area contributed by atoms with Crippen LogP contribution in [0.25, 0.3) is 0 Å². The molecule has 0 fully saturated rings. The van der Waals surface area contributed by atoms with Crippen molar-refractivity contribution < 1.29 is 9.53 Å². The summed E-state index contributed by atoms with van der Waals surface area (Å²) in [7, 11) is 1.88. The number of nitrogens with one attached hydrogen (secondary N) is 1. The van der Waals surface area contributed by atoms with Gasteiger partial charge in [0.1, 0.15) is 5.75 Å². The lowest BCUT2D eigenvalue weighted by Gasteiger charge is -2.11. The highest BCUT2D eigenvalue weighted by molar-refractivity contribution is 5.73. The van der Waals surface area contributed by atoms with E-state index in [-0.39, 0.29) is 12.3 Å². The first-order valence-electron chi connectivity index (χ1n) is 5.28. The van der Waals surface area contributed by atoms with E-state index in [1.807, 2.05) is 26.1 Å². The van der Waals surface area contributed by atoms with Crippen molar-refractivity contribution in [1.82, 2.24) is 5.32 Å². The van der Waals surface area contributed by atoms with Crippen LogP contribution in [0.3, 0.4) is 0 Å². The van der Waals surface area contributed by atoms with Crippen LogP contribution in [-0.2, 0) is 11.3 Å². The fourth-order valence-corrected chi connectivity index (χ4v) is 1.44. The summed E-state index contributed by atoms with van der Waals surface area (Å²) < 4.78 is 5.51. The van der Waals surface area contributed by atoms with Crippen molar-refractivity contribution >= 4 is 5.91 Å². The molecule has 1 aromatic rings. The van der Waals surface area contributed by atoms with E-state index in [1.165, 1.54) is 5.56 Å². The minimum atomic E-state index is -0.345. The average molecular weight is 222 g/mol. The second-order valence-electron chi connectivity index (χ2n) is 3.71. The summed E-state index contributed by atoms with van der Waals surface area (Å²) in [6.45, 7) is 3.11. The van der Waals surface area contributed by atoms with E-state index < -0.39 is 0 Å². The molecule has 0 radical (unpaired) electrons. The maximum Gasteiger partial charge on any atom is 0.220 e. The molecule has 1 aromatic carbocycles. The molecule has 0 aromatic heterocycles. The van der Waals surface area contributed by atoms with Gasteiger partial charge in [0.15, 0.2) is 0 Å². The van der Waals surface area contributed by atoms with Crippen LogP contribution in [0.15, 0.2) is 18.2 Å². The van der Waals surface area contributed by atoms with Crippen molar-refractivity contribution in [2.45, 2.75) is 19.9 Å². The lowest BCUT2D eigenvalue weighted by atomic mass is 10.1. The average Bonchev–Trinajstić information content (AvgIpc) is 2.21. The smallest absolute Gasteiger partial charge is 0.220 e. The monoisotopic (exact) mass is 222 g/mol. The molecular weight excluding hydrogens is 204 g/mol. The molecule has 0 spiro atoms. The Balaban J connectivity index is 2.66. The molecule has 0 unspecified atom stereocenters. The van der Waals surface area contributed by atoms with Gasteiger partial charge in [-0.15, -0.1) is 0 Å². The molecule has 0 aliphatic rings. The second-order valence-corrected chi connectivity index (χ2v) is 3.71. The first-order chi connectivity index (χ1) is 7.63. The fourth-order valence-electron chi connectivity index (χ4n) is 1.44. The predicted molar refractivity (Wildman–Crippen MR) is 63.2 cm³/mol. The van der Waals surface area contributed by atoms with Gasteiger partial charge >= 0.3 is 0 Å². The second kappa shape index (κ2) is 6.12. The number of primary amides is 1. The van der Waals surface area contributed by atoms with Crippen LogP contribution >= 0.6 is 0 Å². The van der Waals surface area contributed by atoms with Crippen molar-refractivity contribution in [3.63, 3.8) is 0 Å². The van der Waals surface area contributed by atoms with E-state index >= 15 is 0 Å². The summed E-state index contributed by atoms with van der Waals surface area (Å²) in [6, 6.07) is 5.97. The number of carbonyl (C=O) groups is 1. The number of carbonyl (C=O) groups excluding carboxylic acids is 1. The third-order valence-electron chi connectivity index (χ3n) is 2.19. The third kappa shape index (κ3) is 3.90. The Morgan fingerprint density at radius 3 is 2.88 bits per heavy atom. The van der Waals surface area contributed by atoms with Gasteiger partial charge in [0.25, 0.3) is 0 Å². The first kappa shape index (κ1) is 12.5. The standard InChI is InChI=1S/C12H18N2O2/c1-9-3-4-11(10(7-9)8-14-2)16-6-5-12(13)15/h3-4,7,14H,5-6,8H2,1-2H3,(H2,13,15). The predicted octanol–water partition coefficient (Wildman–Crippen LogP) is 0.969. The van der Waals surface area contributed by atoms with Gasteiger partial charge in [-0.2, -0.15) is 0 Å².